The van der Waals surface area contributed by atoms with Crippen molar-refractivity contribution in [2.24, 2.45) is 0 Å². The van der Waals surface area contributed by atoms with Crippen LogP contribution in [0.15, 0.2) is 66.7 Å². The van der Waals surface area contributed by atoms with E-state index in [1.165, 1.54) is 12.7 Å². The van der Waals surface area contributed by atoms with Crippen molar-refractivity contribution in [3.05, 3.63) is 77.9 Å². The molecule has 114 valence electrons. The molecule has 0 fully saturated rings. The van der Waals surface area contributed by atoms with Gasteiger partial charge < -0.3 is 10.1 Å². The summed E-state index contributed by atoms with van der Waals surface area (Å²) in [6.07, 6.45) is 5.28. The number of hydrogen-bond donors (Lipinski definition) is 1. The second kappa shape index (κ2) is 8.67. The molecule has 2 rings (SSSR count). The SMILES string of the molecule is COC(=O)N[C@@H](C/C=C/c1ccccc1)Cc1ccccc1. The predicted octanol–water partition coefficient (Wildman–Crippen LogP) is 4.06. The molecule has 1 atom stereocenters. The van der Waals surface area contributed by atoms with E-state index < -0.39 is 6.09 Å². The summed E-state index contributed by atoms with van der Waals surface area (Å²) in [5, 5.41) is 2.89. The molecule has 0 saturated carbocycles. The van der Waals surface area contributed by atoms with Crippen molar-refractivity contribution in [2.45, 2.75) is 18.9 Å². The molecule has 3 heteroatoms. The van der Waals surface area contributed by atoms with Crippen LogP contribution in [0.25, 0.3) is 6.08 Å². The van der Waals surface area contributed by atoms with Gasteiger partial charge in [-0.25, -0.2) is 4.79 Å². The predicted molar refractivity (Wildman–Crippen MR) is 89.6 cm³/mol. The van der Waals surface area contributed by atoms with E-state index in [0.717, 1.165) is 18.4 Å². The minimum Gasteiger partial charge on any atom is -0.453 e. The van der Waals surface area contributed by atoms with Gasteiger partial charge in [-0.05, 0) is 24.0 Å². The first-order valence-corrected chi connectivity index (χ1v) is 7.38. The summed E-state index contributed by atoms with van der Waals surface area (Å²) in [7, 11) is 1.38. The Balaban J connectivity index is 1.98. The molecule has 0 radical (unpaired) electrons. The molecule has 0 aliphatic heterocycles. The van der Waals surface area contributed by atoms with Crippen LogP contribution >= 0.6 is 0 Å². The molecule has 22 heavy (non-hydrogen) atoms. The first kappa shape index (κ1) is 15.8. The van der Waals surface area contributed by atoms with Gasteiger partial charge in [0.15, 0.2) is 0 Å². The van der Waals surface area contributed by atoms with Gasteiger partial charge in [0.25, 0.3) is 0 Å². The van der Waals surface area contributed by atoms with Crippen LogP contribution in [-0.2, 0) is 11.2 Å². The number of carbonyl (C=O) groups excluding carboxylic acids is 1. The number of amides is 1. The fourth-order valence-corrected chi connectivity index (χ4v) is 2.25. The molecule has 0 spiro atoms. The van der Waals surface area contributed by atoms with E-state index in [-0.39, 0.29) is 6.04 Å². The maximum Gasteiger partial charge on any atom is 0.407 e. The maximum atomic E-state index is 11.5. The molecule has 0 aliphatic rings. The van der Waals surface area contributed by atoms with Crippen LogP contribution in [-0.4, -0.2) is 19.2 Å². The van der Waals surface area contributed by atoms with E-state index in [2.05, 4.69) is 41.7 Å². The molecule has 0 bridgehead atoms. The van der Waals surface area contributed by atoms with Crippen molar-refractivity contribution in [1.82, 2.24) is 5.32 Å². The third-order valence-electron chi connectivity index (χ3n) is 3.36. The maximum absolute atomic E-state index is 11.5. The average molecular weight is 295 g/mol. The van der Waals surface area contributed by atoms with Crippen molar-refractivity contribution < 1.29 is 9.53 Å². The summed E-state index contributed by atoms with van der Waals surface area (Å²) < 4.78 is 4.71. The number of alkyl carbamates (subject to hydrolysis) is 1. The van der Waals surface area contributed by atoms with E-state index >= 15 is 0 Å². The van der Waals surface area contributed by atoms with Gasteiger partial charge in [0.1, 0.15) is 0 Å². The van der Waals surface area contributed by atoms with Crippen LogP contribution in [0, 0.1) is 0 Å². The number of ether oxygens (including phenoxy) is 1. The zero-order valence-electron chi connectivity index (χ0n) is 12.7. The molecule has 0 saturated heterocycles. The fraction of sp³-hybridized carbons (Fsp3) is 0.211. The van der Waals surface area contributed by atoms with Crippen LogP contribution in [0.2, 0.25) is 0 Å². The van der Waals surface area contributed by atoms with Gasteiger partial charge in [-0.3, -0.25) is 0 Å². The molecule has 0 heterocycles. The van der Waals surface area contributed by atoms with Gasteiger partial charge in [-0.2, -0.15) is 0 Å². The number of carbonyl (C=O) groups is 1. The zero-order chi connectivity index (χ0) is 15.6. The summed E-state index contributed by atoms with van der Waals surface area (Å²) in [6.45, 7) is 0. The monoisotopic (exact) mass is 295 g/mol. The first-order valence-electron chi connectivity index (χ1n) is 7.38. The molecule has 3 nitrogen and oxygen atoms in total. The van der Waals surface area contributed by atoms with Gasteiger partial charge in [0, 0.05) is 6.04 Å². The van der Waals surface area contributed by atoms with Gasteiger partial charge >= 0.3 is 6.09 Å². The van der Waals surface area contributed by atoms with E-state index in [0.29, 0.717) is 0 Å². The molecular formula is C19H21NO2. The van der Waals surface area contributed by atoms with Crippen molar-refractivity contribution in [3.8, 4) is 0 Å². The molecule has 0 aromatic heterocycles. The Hall–Kier alpha value is -2.55. The number of methoxy groups -OCH3 is 1. The van der Waals surface area contributed by atoms with Gasteiger partial charge in [0.2, 0.25) is 0 Å². The summed E-state index contributed by atoms with van der Waals surface area (Å²) in [4.78, 5) is 11.5. The molecule has 0 aliphatic carbocycles. The molecule has 0 unspecified atom stereocenters. The number of nitrogens with one attached hydrogen (secondary N) is 1. The third kappa shape index (κ3) is 5.44. The van der Waals surface area contributed by atoms with Gasteiger partial charge in [-0.1, -0.05) is 72.8 Å². The fourth-order valence-electron chi connectivity index (χ4n) is 2.25. The Morgan fingerprint density at radius 3 is 2.36 bits per heavy atom. The lowest BCUT2D eigenvalue weighted by Gasteiger charge is -2.16. The van der Waals surface area contributed by atoms with Crippen molar-refractivity contribution in [3.63, 3.8) is 0 Å². The molecule has 1 amide bonds. The third-order valence-corrected chi connectivity index (χ3v) is 3.36. The van der Waals surface area contributed by atoms with Crippen molar-refractivity contribution in [1.29, 1.82) is 0 Å². The first-order chi connectivity index (χ1) is 10.8. The van der Waals surface area contributed by atoms with Crippen LogP contribution in [0.3, 0.4) is 0 Å². The van der Waals surface area contributed by atoms with Gasteiger partial charge in [-0.15, -0.1) is 0 Å². The highest BCUT2D eigenvalue weighted by atomic mass is 16.5. The lowest BCUT2D eigenvalue weighted by molar-refractivity contribution is 0.166. The Morgan fingerprint density at radius 1 is 1.09 bits per heavy atom. The zero-order valence-corrected chi connectivity index (χ0v) is 12.7. The van der Waals surface area contributed by atoms with E-state index in [9.17, 15) is 4.79 Å². The molecule has 2 aromatic rings. The normalized spacial score (nSPS) is 12.0. The highest BCUT2D eigenvalue weighted by Gasteiger charge is 2.11. The smallest absolute Gasteiger partial charge is 0.407 e. The molecule has 1 N–H and O–H groups in total. The van der Waals surface area contributed by atoms with Crippen LogP contribution in [0.4, 0.5) is 4.79 Å². The second-order valence-electron chi connectivity index (χ2n) is 5.07. The Kier molecular flexibility index (Phi) is 6.24. The lowest BCUT2D eigenvalue weighted by atomic mass is 10.0. The minimum absolute atomic E-state index is 0.00909. The average Bonchev–Trinajstić information content (AvgIpc) is 2.56. The standard InChI is InChI=1S/C19H21NO2/c1-22-19(21)20-18(15-17-11-6-3-7-12-17)14-8-13-16-9-4-2-5-10-16/h2-13,18H,14-15H2,1H3,(H,20,21)/b13-8+/t18-/m0/s1. The molecule has 2 aromatic carbocycles. The van der Waals surface area contributed by atoms with Crippen molar-refractivity contribution in [2.75, 3.05) is 7.11 Å². The highest BCUT2D eigenvalue weighted by molar-refractivity contribution is 5.67. The Morgan fingerprint density at radius 2 is 1.73 bits per heavy atom. The quantitative estimate of drug-likeness (QED) is 0.873. The van der Waals surface area contributed by atoms with E-state index in [4.69, 9.17) is 4.74 Å². The summed E-state index contributed by atoms with van der Waals surface area (Å²) in [5.74, 6) is 0. The Bertz CT molecular complexity index is 593. The summed E-state index contributed by atoms with van der Waals surface area (Å²) >= 11 is 0. The number of rotatable bonds is 6. The summed E-state index contributed by atoms with van der Waals surface area (Å²) in [5.41, 5.74) is 2.34. The van der Waals surface area contributed by atoms with Crippen molar-refractivity contribution >= 4 is 12.2 Å². The Labute approximate surface area is 131 Å². The van der Waals surface area contributed by atoms with Crippen LogP contribution in [0.1, 0.15) is 17.5 Å². The van der Waals surface area contributed by atoms with E-state index in [1.54, 1.807) is 0 Å². The lowest BCUT2D eigenvalue weighted by Crippen LogP contribution is -2.36. The highest BCUT2D eigenvalue weighted by Crippen LogP contribution is 2.09. The van der Waals surface area contributed by atoms with Crippen LogP contribution < -0.4 is 5.32 Å². The number of hydrogen-bond acceptors (Lipinski definition) is 2. The largest absolute Gasteiger partial charge is 0.453 e. The topological polar surface area (TPSA) is 38.3 Å². The minimum atomic E-state index is -0.394. The van der Waals surface area contributed by atoms with Crippen LogP contribution in [0.5, 0.6) is 0 Å². The summed E-state index contributed by atoms with van der Waals surface area (Å²) in [6, 6.07) is 20.2. The second-order valence-corrected chi connectivity index (χ2v) is 5.07. The van der Waals surface area contributed by atoms with Gasteiger partial charge in [0.05, 0.1) is 7.11 Å². The van der Waals surface area contributed by atoms with E-state index in [1.807, 2.05) is 36.4 Å². The molecular weight excluding hydrogens is 274 g/mol. The number of benzene rings is 2.